The summed E-state index contributed by atoms with van der Waals surface area (Å²) in [5, 5.41) is 9.39. The van der Waals surface area contributed by atoms with Gasteiger partial charge in [0.2, 0.25) is 0 Å². The number of aliphatic carboxylic acids is 1. The summed E-state index contributed by atoms with van der Waals surface area (Å²) in [6.07, 6.45) is 0. The number of rotatable bonds is 4. The van der Waals surface area contributed by atoms with Gasteiger partial charge in [0.1, 0.15) is 5.75 Å². The van der Waals surface area contributed by atoms with Crippen LogP contribution in [0.1, 0.15) is 5.56 Å². The lowest BCUT2D eigenvalue weighted by molar-refractivity contribution is -0.142. The van der Waals surface area contributed by atoms with Crippen LogP contribution in [0.15, 0.2) is 24.3 Å². The largest absolute Gasteiger partial charge is 0.497 e. The number of benzene rings is 1. The zero-order valence-corrected chi connectivity index (χ0v) is 14.5. The number of carbonyl (C=O) groups is 1. The van der Waals surface area contributed by atoms with Gasteiger partial charge in [-0.3, -0.25) is 14.6 Å². The van der Waals surface area contributed by atoms with Crippen molar-refractivity contribution in [3.8, 4) is 5.75 Å². The van der Waals surface area contributed by atoms with Gasteiger partial charge < -0.3 is 14.7 Å². The van der Waals surface area contributed by atoms with Crippen LogP contribution in [0.4, 0.5) is 0 Å². The van der Waals surface area contributed by atoms with E-state index in [2.05, 4.69) is 26.8 Å². The molecule has 0 amide bonds. The summed E-state index contributed by atoms with van der Waals surface area (Å²) in [5.74, 6) is -0.0787. The van der Waals surface area contributed by atoms with Gasteiger partial charge in [0.05, 0.1) is 13.0 Å². The fourth-order valence-electron chi connectivity index (χ4n) is 3.81. The highest BCUT2D eigenvalue weighted by Crippen LogP contribution is 2.20. The lowest BCUT2D eigenvalue weighted by Gasteiger charge is -2.41. The maximum Gasteiger partial charge on any atom is 0.309 e. The highest BCUT2D eigenvalue weighted by atomic mass is 16.5. The average Bonchev–Trinajstić information content (AvgIpc) is 2.73. The number of carboxylic acid groups (broad SMARTS) is 1. The molecule has 2 saturated heterocycles. The standard InChI is InChI=1S/C18H27N3O3/c1-19-10-15(18(22)23)11-21-8-7-20(13-16(21)12-19)9-14-3-5-17(24-2)6-4-14/h3-6,15-16H,7-13H2,1-2H3,(H,22,23)/t15-,16+/m1/s1. The molecule has 2 aliphatic rings. The molecule has 0 aliphatic carbocycles. The predicted octanol–water partition coefficient (Wildman–Crippen LogP) is 0.828. The van der Waals surface area contributed by atoms with Crippen molar-refractivity contribution in [3.05, 3.63) is 29.8 Å². The van der Waals surface area contributed by atoms with Crippen LogP contribution in [0.5, 0.6) is 5.75 Å². The highest BCUT2D eigenvalue weighted by molar-refractivity contribution is 5.70. The van der Waals surface area contributed by atoms with Gasteiger partial charge in [0.15, 0.2) is 0 Å². The SMILES string of the molecule is COc1ccc(CN2CCN3C[C@H](C(=O)O)CN(C)C[C@H]3C2)cc1. The molecule has 0 bridgehead atoms. The number of nitrogens with zero attached hydrogens (tertiary/aromatic N) is 3. The molecule has 0 spiro atoms. The maximum atomic E-state index is 11.4. The molecular weight excluding hydrogens is 306 g/mol. The number of methoxy groups -OCH3 is 1. The third kappa shape index (κ3) is 4.06. The molecular formula is C18H27N3O3. The molecule has 6 heteroatoms. The van der Waals surface area contributed by atoms with Crippen molar-refractivity contribution in [2.45, 2.75) is 12.6 Å². The maximum absolute atomic E-state index is 11.4. The first kappa shape index (κ1) is 17.2. The Kier molecular flexibility index (Phi) is 5.38. The third-order valence-corrected chi connectivity index (χ3v) is 5.11. The van der Waals surface area contributed by atoms with Crippen LogP contribution in [0.25, 0.3) is 0 Å². The number of hydrogen-bond acceptors (Lipinski definition) is 5. The molecule has 1 aromatic rings. The van der Waals surface area contributed by atoms with E-state index in [-0.39, 0.29) is 5.92 Å². The minimum Gasteiger partial charge on any atom is -0.497 e. The van der Waals surface area contributed by atoms with Crippen molar-refractivity contribution in [1.29, 1.82) is 0 Å². The van der Waals surface area contributed by atoms with Gasteiger partial charge in [-0.25, -0.2) is 0 Å². The van der Waals surface area contributed by atoms with E-state index in [9.17, 15) is 9.90 Å². The first-order valence-corrected chi connectivity index (χ1v) is 8.56. The van der Waals surface area contributed by atoms with E-state index in [1.165, 1.54) is 5.56 Å². The zero-order chi connectivity index (χ0) is 17.1. The van der Waals surface area contributed by atoms with E-state index in [0.717, 1.165) is 38.5 Å². The number of carboxylic acids is 1. The van der Waals surface area contributed by atoms with Gasteiger partial charge >= 0.3 is 5.97 Å². The van der Waals surface area contributed by atoms with Crippen LogP contribution >= 0.6 is 0 Å². The van der Waals surface area contributed by atoms with E-state index in [0.29, 0.717) is 19.1 Å². The van der Waals surface area contributed by atoms with Crippen LogP contribution < -0.4 is 4.74 Å². The van der Waals surface area contributed by atoms with Crippen molar-refractivity contribution in [1.82, 2.24) is 14.7 Å². The van der Waals surface area contributed by atoms with Gasteiger partial charge in [-0.2, -0.15) is 0 Å². The number of fused-ring (bicyclic) bond motifs is 1. The number of piperazine rings is 1. The Balaban J connectivity index is 1.61. The number of hydrogen-bond donors (Lipinski definition) is 1. The van der Waals surface area contributed by atoms with E-state index in [1.807, 2.05) is 19.2 Å². The van der Waals surface area contributed by atoms with E-state index in [4.69, 9.17) is 4.74 Å². The third-order valence-electron chi connectivity index (χ3n) is 5.11. The Labute approximate surface area is 143 Å². The first-order chi connectivity index (χ1) is 11.5. The van der Waals surface area contributed by atoms with Gasteiger partial charge in [0, 0.05) is 51.9 Å². The Bertz CT molecular complexity index is 563. The molecule has 6 nitrogen and oxygen atoms in total. The minimum absolute atomic E-state index is 0.284. The summed E-state index contributed by atoms with van der Waals surface area (Å²) in [5.41, 5.74) is 1.29. The lowest BCUT2D eigenvalue weighted by Crippen LogP contribution is -2.55. The summed E-state index contributed by atoms with van der Waals surface area (Å²) in [6, 6.07) is 8.65. The van der Waals surface area contributed by atoms with Gasteiger partial charge in [-0.1, -0.05) is 12.1 Å². The Morgan fingerprint density at radius 1 is 1.17 bits per heavy atom. The molecule has 3 rings (SSSR count). The lowest BCUT2D eigenvalue weighted by atomic mass is 10.1. The summed E-state index contributed by atoms with van der Waals surface area (Å²) in [4.78, 5) is 18.4. The first-order valence-electron chi connectivity index (χ1n) is 8.56. The fraction of sp³-hybridized carbons (Fsp3) is 0.611. The molecule has 1 N–H and O–H groups in total. The van der Waals surface area contributed by atoms with Crippen LogP contribution in [-0.4, -0.2) is 85.2 Å². The quantitative estimate of drug-likeness (QED) is 0.881. The molecule has 132 valence electrons. The molecule has 2 fully saturated rings. The average molecular weight is 333 g/mol. The summed E-state index contributed by atoms with van der Waals surface area (Å²) in [7, 11) is 3.71. The monoisotopic (exact) mass is 333 g/mol. The molecule has 0 aromatic heterocycles. The van der Waals surface area contributed by atoms with Crippen molar-refractivity contribution in [3.63, 3.8) is 0 Å². The van der Waals surface area contributed by atoms with Crippen LogP contribution in [0.2, 0.25) is 0 Å². The van der Waals surface area contributed by atoms with Crippen LogP contribution in [0, 0.1) is 5.92 Å². The van der Waals surface area contributed by atoms with Gasteiger partial charge in [-0.15, -0.1) is 0 Å². The van der Waals surface area contributed by atoms with E-state index < -0.39 is 5.97 Å². The molecule has 0 unspecified atom stereocenters. The van der Waals surface area contributed by atoms with Crippen molar-refractivity contribution >= 4 is 5.97 Å². The van der Waals surface area contributed by atoms with Crippen molar-refractivity contribution in [2.24, 2.45) is 5.92 Å². The van der Waals surface area contributed by atoms with Crippen molar-refractivity contribution in [2.75, 3.05) is 53.4 Å². The normalized spacial score (nSPS) is 26.6. The molecule has 2 heterocycles. The molecule has 24 heavy (non-hydrogen) atoms. The Hall–Kier alpha value is -1.63. The molecule has 0 radical (unpaired) electrons. The second-order valence-corrected chi connectivity index (χ2v) is 6.99. The molecule has 0 saturated carbocycles. The molecule has 2 aliphatic heterocycles. The van der Waals surface area contributed by atoms with Crippen LogP contribution in [0.3, 0.4) is 0 Å². The minimum atomic E-state index is -0.678. The number of ether oxygens (including phenoxy) is 1. The number of likely N-dealkylation sites (N-methyl/N-ethyl adjacent to an activating group) is 1. The van der Waals surface area contributed by atoms with E-state index in [1.54, 1.807) is 7.11 Å². The van der Waals surface area contributed by atoms with E-state index >= 15 is 0 Å². The smallest absolute Gasteiger partial charge is 0.309 e. The summed E-state index contributed by atoms with van der Waals surface area (Å²) >= 11 is 0. The Morgan fingerprint density at radius 3 is 2.58 bits per heavy atom. The van der Waals surface area contributed by atoms with Crippen LogP contribution in [-0.2, 0) is 11.3 Å². The fourth-order valence-corrected chi connectivity index (χ4v) is 3.81. The molecule has 1 aromatic carbocycles. The summed E-state index contributed by atoms with van der Waals surface area (Å²) in [6.45, 7) is 6.09. The highest BCUT2D eigenvalue weighted by Gasteiger charge is 2.35. The topological polar surface area (TPSA) is 56.3 Å². The summed E-state index contributed by atoms with van der Waals surface area (Å²) < 4.78 is 5.21. The second kappa shape index (κ2) is 7.51. The van der Waals surface area contributed by atoms with Gasteiger partial charge in [0.25, 0.3) is 0 Å². The van der Waals surface area contributed by atoms with Crippen molar-refractivity contribution < 1.29 is 14.6 Å². The second-order valence-electron chi connectivity index (χ2n) is 6.99. The Morgan fingerprint density at radius 2 is 1.92 bits per heavy atom. The van der Waals surface area contributed by atoms with Gasteiger partial charge in [-0.05, 0) is 24.7 Å². The zero-order valence-electron chi connectivity index (χ0n) is 14.5. The molecule has 2 atom stereocenters. The predicted molar refractivity (Wildman–Crippen MR) is 92.3 cm³/mol.